The highest BCUT2D eigenvalue weighted by Crippen LogP contribution is 2.25. The maximum Gasteiger partial charge on any atom is 0.253 e. The number of aliphatic hydroxyl groups excluding tert-OH is 1. The molecule has 0 aliphatic heterocycles. The Morgan fingerprint density at radius 1 is 1.33 bits per heavy atom. The van der Waals surface area contributed by atoms with E-state index in [0.717, 1.165) is 0 Å². The van der Waals surface area contributed by atoms with E-state index in [4.69, 9.17) is 13.9 Å². The Kier molecular flexibility index (Phi) is 3.78. The van der Waals surface area contributed by atoms with Gasteiger partial charge in [-0.2, -0.15) is 0 Å². The van der Waals surface area contributed by atoms with Crippen molar-refractivity contribution in [2.24, 2.45) is 0 Å². The maximum atomic E-state index is 9.21. The van der Waals surface area contributed by atoms with Crippen LogP contribution in [0.3, 0.4) is 0 Å². The third kappa shape index (κ3) is 2.78. The van der Waals surface area contributed by atoms with E-state index in [-0.39, 0.29) is 13.2 Å². The van der Waals surface area contributed by atoms with Crippen LogP contribution in [0.1, 0.15) is 17.3 Å². The molecule has 1 N–H and O–H groups in total. The summed E-state index contributed by atoms with van der Waals surface area (Å²) in [6, 6.07) is 5.21. The molecule has 2 rings (SSSR count). The molecule has 0 radical (unpaired) electrons. The SMILES string of the molecule is COc1ccc(CO)c(OCc2nnc(C)o2)c1. The van der Waals surface area contributed by atoms with E-state index >= 15 is 0 Å². The molecule has 6 nitrogen and oxygen atoms in total. The quantitative estimate of drug-likeness (QED) is 0.865. The first-order chi connectivity index (χ1) is 8.72. The summed E-state index contributed by atoms with van der Waals surface area (Å²) in [5, 5.41) is 16.7. The standard InChI is InChI=1S/C12H14N2O4/c1-8-13-14-12(18-8)7-17-11-5-10(16-2)4-3-9(11)6-15/h3-5,15H,6-7H2,1-2H3. The van der Waals surface area contributed by atoms with Gasteiger partial charge >= 0.3 is 0 Å². The summed E-state index contributed by atoms with van der Waals surface area (Å²) < 4.78 is 15.8. The molecule has 0 bridgehead atoms. The minimum absolute atomic E-state index is 0.109. The Bertz CT molecular complexity index is 525. The molecule has 2 aromatic rings. The molecule has 0 fully saturated rings. The fourth-order valence-corrected chi connectivity index (χ4v) is 1.46. The van der Waals surface area contributed by atoms with E-state index in [1.807, 2.05) is 0 Å². The molecule has 6 heteroatoms. The number of benzene rings is 1. The minimum Gasteiger partial charge on any atom is -0.497 e. The van der Waals surface area contributed by atoms with Gasteiger partial charge in [-0.1, -0.05) is 0 Å². The van der Waals surface area contributed by atoms with E-state index in [1.165, 1.54) is 0 Å². The lowest BCUT2D eigenvalue weighted by Gasteiger charge is -2.10. The number of aromatic nitrogens is 2. The maximum absolute atomic E-state index is 9.21. The molecule has 0 atom stereocenters. The van der Waals surface area contributed by atoms with Crippen molar-refractivity contribution in [3.63, 3.8) is 0 Å². The molecule has 1 aromatic heterocycles. The van der Waals surface area contributed by atoms with Crippen molar-refractivity contribution < 1.29 is 19.0 Å². The van der Waals surface area contributed by atoms with Gasteiger partial charge < -0.3 is 19.0 Å². The molecular formula is C12H14N2O4. The Morgan fingerprint density at radius 2 is 2.17 bits per heavy atom. The molecule has 0 aliphatic carbocycles. The fraction of sp³-hybridized carbons (Fsp3) is 0.333. The van der Waals surface area contributed by atoms with Crippen molar-refractivity contribution in [1.29, 1.82) is 0 Å². The third-order valence-electron chi connectivity index (χ3n) is 2.36. The minimum atomic E-state index is -0.109. The first kappa shape index (κ1) is 12.4. The fourth-order valence-electron chi connectivity index (χ4n) is 1.46. The van der Waals surface area contributed by atoms with Gasteiger partial charge in [-0.3, -0.25) is 0 Å². The van der Waals surface area contributed by atoms with Gasteiger partial charge in [0, 0.05) is 18.6 Å². The van der Waals surface area contributed by atoms with Gasteiger partial charge in [0.25, 0.3) is 5.89 Å². The van der Waals surface area contributed by atoms with Gasteiger partial charge in [-0.25, -0.2) is 0 Å². The van der Waals surface area contributed by atoms with Crippen LogP contribution >= 0.6 is 0 Å². The Labute approximate surface area is 104 Å². The van der Waals surface area contributed by atoms with Crippen LogP contribution in [0.25, 0.3) is 0 Å². The van der Waals surface area contributed by atoms with Crippen LogP contribution in [-0.2, 0) is 13.2 Å². The van der Waals surface area contributed by atoms with Gasteiger partial charge in [0.05, 0.1) is 13.7 Å². The lowest BCUT2D eigenvalue weighted by molar-refractivity contribution is 0.238. The first-order valence-corrected chi connectivity index (χ1v) is 5.42. The highest BCUT2D eigenvalue weighted by atomic mass is 16.5. The number of ether oxygens (including phenoxy) is 2. The zero-order valence-electron chi connectivity index (χ0n) is 10.2. The van der Waals surface area contributed by atoms with Gasteiger partial charge in [-0.15, -0.1) is 10.2 Å². The molecule has 0 amide bonds. The summed E-state index contributed by atoms with van der Waals surface area (Å²) in [6.07, 6.45) is 0. The van der Waals surface area contributed by atoms with Crippen LogP contribution in [0.2, 0.25) is 0 Å². The topological polar surface area (TPSA) is 77.6 Å². The Morgan fingerprint density at radius 3 is 2.78 bits per heavy atom. The van der Waals surface area contributed by atoms with Crippen molar-refractivity contribution in [2.45, 2.75) is 20.1 Å². The molecule has 0 unspecified atom stereocenters. The number of aliphatic hydroxyl groups is 1. The zero-order valence-corrected chi connectivity index (χ0v) is 10.2. The Balaban J connectivity index is 2.11. The van der Waals surface area contributed by atoms with E-state index < -0.39 is 0 Å². The summed E-state index contributed by atoms with van der Waals surface area (Å²) >= 11 is 0. The van der Waals surface area contributed by atoms with Crippen LogP contribution in [0.5, 0.6) is 11.5 Å². The van der Waals surface area contributed by atoms with Crippen molar-refractivity contribution in [1.82, 2.24) is 10.2 Å². The number of nitrogens with zero attached hydrogens (tertiary/aromatic N) is 2. The van der Waals surface area contributed by atoms with Crippen molar-refractivity contribution in [2.75, 3.05) is 7.11 Å². The number of methoxy groups -OCH3 is 1. The highest BCUT2D eigenvalue weighted by Gasteiger charge is 2.08. The molecule has 0 saturated carbocycles. The molecule has 0 saturated heterocycles. The number of aryl methyl sites for hydroxylation is 1. The zero-order chi connectivity index (χ0) is 13.0. The second kappa shape index (κ2) is 5.50. The van der Waals surface area contributed by atoms with Gasteiger partial charge in [-0.05, 0) is 12.1 Å². The van der Waals surface area contributed by atoms with E-state index in [1.54, 1.807) is 32.2 Å². The Hall–Kier alpha value is -2.08. The van der Waals surface area contributed by atoms with Crippen LogP contribution in [0.4, 0.5) is 0 Å². The van der Waals surface area contributed by atoms with Crippen LogP contribution < -0.4 is 9.47 Å². The lowest BCUT2D eigenvalue weighted by Crippen LogP contribution is -1.99. The normalized spacial score (nSPS) is 10.4. The number of hydrogen-bond donors (Lipinski definition) is 1. The molecule has 18 heavy (non-hydrogen) atoms. The smallest absolute Gasteiger partial charge is 0.253 e. The second-order valence-electron chi connectivity index (χ2n) is 3.64. The van der Waals surface area contributed by atoms with Crippen molar-refractivity contribution in [3.8, 4) is 11.5 Å². The second-order valence-corrected chi connectivity index (χ2v) is 3.64. The largest absolute Gasteiger partial charge is 0.497 e. The predicted molar refractivity (Wildman–Crippen MR) is 62.3 cm³/mol. The number of rotatable bonds is 5. The van der Waals surface area contributed by atoms with Crippen molar-refractivity contribution in [3.05, 3.63) is 35.5 Å². The molecule has 1 heterocycles. The first-order valence-electron chi connectivity index (χ1n) is 5.42. The molecule has 1 aromatic carbocycles. The van der Waals surface area contributed by atoms with E-state index in [2.05, 4.69) is 10.2 Å². The van der Waals surface area contributed by atoms with Crippen molar-refractivity contribution >= 4 is 0 Å². The summed E-state index contributed by atoms with van der Waals surface area (Å²) in [5.74, 6) is 2.07. The lowest BCUT2D eigenvalue weighted by atomic mass is 10.2. The summed E-state index contributed by atoms with van der Waals surface area (Å²) in [7, 11) is 1.57. The van der Waals surface area contributed by atoms with Gasteiger partial charge in [0.1, 0.15) is 11.5 Å². The summed E-state index contributed by atoms with van der Waals surface area (Å²) in [6.45, 7) is 1.75. The summed E-state index contributed by atoms with van der Waals surface area (Å²) in [5.41, 5.74) is 0.673. The molecular weight excluding hydrogens is 236 g/mol. The van der Waals surface area contributed by atoms with Gasteiger partial charge in [0.2, 0.25) is 5.89 Å². The number of hydrogen-bond acceptors (Lipinski definition) is 6. The average molecular weight is 250 g/mol. The third-order valence-corrected chi connectivity index (χ3v) is 2.36. The van der Waals surface area contributed by atoms with Gasteiger partial charge in [0.15, 0.2) is 6.61 Å². The van der Waals surface area contributed by atoms with E-state index in [9.17, 15) is 5.11 Å². The summed E-state index contributed by atoms with van der Waals surface area (Å²) in [4.78, 5) is 0. The van der Waals surface area contributed by atoms with E-state index in [0.29, 0.717) is 28.8 Å². The molecule has 0 aliphatic rings. The van der Waals surface area contributed by atoms with Crippen LogP contribution in [-0.4, -0.2) is 22.4 Å². The average Bonchev–Trinajstić information content (AvgIpc) is 2.81. The van der Waals surface area contributed by atoms with Crippen LogP contribution in [0, 0.1) is 6.92 Å². The molecule has 96 valence electrons. The predicted octanol–water partition coefficient (Wildman–Crippen LogP) is 1.46. The molecule has 0 spiro atoms. The monoisotopic (exact) mass is 250 g/mol. The van der Waals surface area contributed by atoms with Crippen LogP contribution in [0.15, 0.2) is 22.6 Å². The highest BCUT2D eigenvalue weighted by molar-refractivity contribution is 5.40.